The molecule has 0 aliphatic heterocycles. The maximum atomic E-state index is 13.4. The third-order valence-corrected chi connectivity index (χ3v) is 6.26. The summed E-state index contributed by atoms with van der Waals surface area (Å²) in [5.41, 5.74) is 1.35. The average molecular weight is 469 g/mol. The molecule has 0 aliphatic rings. The lowest BCUT2D eigenvalue weighted by molar-refractivity contribution is -0.384. The number of rotatable bonds is 7. The first-order valence-electron chi connectivity index (χ1n) is 10.00. The number of nitro groups is 1. The molecule has 0 saturated carbocycles. The van der Waals surface area contributed by atoms with Crippen LogP contribution in [-0.2, 0) is 16.4 Å². The lowest BCUT2D eigenvalue weighted by atomic mass is 9.98. The number of nitrogens with zero attached hydrogens (tertiary/aromatic N) is 3. The molecular weight excluding hydrogens is 444 g/mol. The summed E-state index contributed by atoms with van der Waals surface area (Å²) in [7, 11) is -1.11. The van der Waals surface area contributed by atoms with Crippen molar-refractivity contribution in [1.29, 1.82) is 0 Å². The molecule has 33 heavy (non-hydrogen) atoms. The second kappa shape index (κ2) is 9.80. The van der Waals surface area contributed by atoms with Gasteiger partial charge in [0.1, 0.15) is 5.69 Å². The lowest BCUT2D eigenvalue weighted by Gasteiger charge is -2.32. The normalized spacial score (nSPS) is 12.1. The van der Waals surface area contributed by atoms with Crippen molar-refractivity contribution in [2.24, 2.45) is 5.14 Å². The molecule has 0 heterocycles. The van der Waals surface area contributed by atoms with E-state index >= 15 is 0 Å². The van der Waals surface area contributed by atoms with Crippen LogP contribution in [0.2, 0.25) is 0 Å². The third-order valence-electron chi connectivity index (χ3n) is 5.35. The molecule has 0 saturated heterocycles. The van der Waals surface area contributed by atoms with Gasteiger partial charge in [0.05, 0.1) is 15.9 Å². The molecule has 10 heteroatoms. The minimum Gasteiger partial charge on any atom is -0.320 e. The molecule has 3 aromatic rings. The van der Waals surface area contributed by atoms with Crippen molar-refractivity contribution in [3.05, 3.63) is 100 Å². The number of primary sulfonamides is 1. The number of carbonyl (C=O) groups is 1. The van der Waals surface area contributed by atoms with Gasteiger partial charge in [-0.3, -0.25) is 15.0 Å². The van der Waals surface area contributed by atoms with Crippen LogP contribution in [0, 0.1) is 10.1 Å². The van der Waals surface area contributed by atoms with Gasteiger partial charge >= 0.3 is 6.03 Å². The molecule has 172 valence electrons. The van der Waals surface area contributed by atoms with Crippen LogP contribution < -0.4 is 10.0 Å². The second-order valence-electron chi connectivity index (χ2n) is 7.52. The lowest BCUT2D eigenvalue weighted by Crippen LogP contribution is -2.42. The van der Waals surface area contributed by atoms with E-state index in [1.165, 1.54) is 18.0 Å². The highest BCUT2D eigenvalue weighted by Crippen LogP contribution is 2.32. The second-order valence-corrected chi connectivity index (χ2v) is 9.08. The fraction of sp³-hybridized carbons (Fsp3) is 0.174. The smallest absolute Gasteiger partial charge is 0.320 e. The molecule has 3 aromatic carbocycles. The number of nitro benzene ring substituents is 1. The van der Waals surface area contributed by atoms with E-state index in [4.69, 9.17) is 5.14 Å². The zero-order valence-electron chi connectivity index (χ0n) is 18.2. The Morgan fingerprint density at radius 1 is 1.00 bits per heavy atom. The summed E-state index contributed by atoms with van der Waals surface area (Å²) in [4.78, 5) is 26.5. The van der Waals surface area contributed by atoms with Gasteiger partial charge in [0.25, 0.3) is 5.69 Å². The summed E-state index contributed by atoms with van der Waals surface area (Å²) in [5, 5.41) is 16.7. The Morgan fingerprint density at radius 3 is 2.12 bits per heavy atom. The molecule has 1 atom stereocenters. The first kappa shape index (κ1) is 23.9. The molecule has 3 rings (SSSR count). The Balaban J connectivity index is 1.97. The number of amides is 2. The molecule has 0 bridgehead atoms. The number of carbonyl (C=O) groups excluding carboxylic acids is 1. The summed E-state index contributed by atoms with van der Waals surface area (Å²) in [6, 6.07) is 21.5. The standard InChI is InChI=1S/C23H24N4O5S/c1-25(20-14-13-19(33(24,31)32)16-22(20)27(29)30)23(28)26(2)21(18-11-7-4-8-12-18)15-17-9-5-3-6-10-17/h3-14,16,21H,15H2,1-2H3,(H2,24,31,32). The number of benzene rings is 3. The van der Waals surface area contributed by atoms with Gasteiger partial charge in [0.15, 0.2) is 0 Å². The number of nitrogens with two attached hydrogens (primary N) is 1. The van der Waals surface area contributed by atoms with Gasteiger partial charge in [-0.05, 0) is 29.7 Å². The van der Waals surface area contributed by atoms with Crippen molar-refractivity contribution >= 4 is 27.4 Å². The highest BCUT2D eigenvalue weighted by Gasteiger charge is 2.29. The third kappa shape index (κ3) is 5.54. The first-order valence-corrected chi connectivity index (χ1v) is 11.5. The molecule has 2 amide bonds. The molecule has 0 fully saturated rings. The van der Waals surface area contributed by atoms with Crippen LogP contribution in [0.15, 0.2) is 83.8 Å². The van der Waals surface area contributed by atoms with E-state index in [1.54, 1.807) is 7.05 Å². The Labute approximate surface area is 192 Å². The van der Waals surface area contributed by atoms with E-state index < -0.39 is 31.6 Å². The summed E-state index contributed by atoms with van der Waals surface area (Å²) < 4.78 is 23.2. The van der Waals surface area contributed by atoms with Crippen molar-refractivity contribution < 1.29 is 18.1 Å². The minimum absolute atomic E-state index is 0.0456. The molecule has 0 aliphatic carbocycles. The van der Waals surface area contributed by atoms with Crippen LogP contribution in [0.25, 0.3) is 0 Å². The van der Waals surface area contributed by atoms with Gasteiger partial charge < -0.3 is 4.90 Å². The van der Waals surface area contributed by atoms with Crippen LogP contribution in [0.3, 0.4) is 0 Å². The van der Waals surface area contributed by atoms with E-state index in [0.717, 1.165) is 28.2 Å². The maximum Gasteiger partial charge on any atom is 0.324 e. The monoisotopic (exact) mass is 468 g/mol. The molecule has 0 radical (unpaired) electrons. The summed E-state index contributed by atoms with van der Waals surface area (Å²) >= 11 is 0. The van der Waals surface area contributed by atoms with Crippen molar-refractivity contribution in [3.63, 3.8) is 0 Å². The summed E-state index contributed by atoms with van der Waals surface area (Å²) in [6.45, 7) is 0. The highest BCUT2D eigenvalue weighted by molar-refractivity contribution is 7.89. The van der Waals surface area contributed by atoms with E-state index in [2.05, 4.69) is 0 Å². The number of likely N-dealkylation sites (N-methyl/N-ethyl adjacent to an activating group) is 1. The molecule has 1 unspecified atom stereocenters. The quantitative estimate of drug-likeness (QED) is 0.418. The molecule has 9 nitrogen and oxygen atoms in total. The first-order chi connectivity index (χ1) is 15.6. The van der Waals surface area contributed by atoms with Crippen molar-refractivity contribution in [3.8, 4) is 0 Å². The Morgan fingerprint density at radius 2 is 1.58 bits per heavy atom. The molecule has 0 spiro atoms. The van der Waals surface area contributed by atoms with Crippen LogP contribution in [0.1, 0.15) is 17.2 Å². The average Bonchev–Trinajstić information content (AvgIpc) is 2.81. The summed E-state index contributed by atoms with van der Waals surface area (Å²) in [5.74, 6) is 0. The Bertz CT molecular complexity index is 1250. The van der Waals surface area contributed by atoms with E-state index in [0.29, 0.717) is 6.42 Å². The van der Waals surface area contributed by atoms with Gasteiger partial charge in [-0.1, -0.05) is 60.7 Å². The number of urea groups is 1. The maximum absolute atomic E-state index is 13.4. The largest absolute Gasteiger partial charge is 0.324 e. The van der Waals surface area contributed by atoms with Gasteiger partial charge in [-0.15, -0.1) is 0 Å². The van der Waals surface area contributed by atoms with Crippen LogP contribution in [0.5, 0.6) is 0 Å². The van der Waals surface area contributed by atoms with Crippen LogP contribution in [-0.4, -0.2) is 38.4 Å². The SMILES string of the molecule is CN(C(=O)N(C)C(Cc1ccccc1)c1ccccc1)c1ccc(S(N)(=O)=O)cc1[N+](=O)[O-]. The predicted molar refractivity (Wildman–Crippen MR) is 125 cm³/mol. The van der Waals surface area contributed by atoms with Crippen LogP contribution >= 0.6 is 0 Å². The number of hydrogen-bond acceptors (Lipinski definition) is 5. The van der Waals surface area contributed by atoms with Crippen molar-refractivity contribution in [1.82, 2.24) is 4.90 Å². The summed E-state index contributed by atoms with van der Waals surface area (Å²) in [6.07, 6.45) is 0.535. The number of anilines is 1. The zero-order chi connectivity index (χ0) is 24.2. The number of hydrogen-bond donors (Lipinski definition) is 1. The topological polar surface area (TPSA) is 127 Å². The van der Waals surface area contributed by atoms with Gasteiger partial charge in [-0.25, -0.2) is 18.4 Å². The predicted octanol–water partition coefficient (Wildman–Crippen LogP) is 3.71. The van der Waals surface area contributed by atoms with Crippen molar-refractivity contribution in [2.75, 3.05) is 19.0 Å². The van der Waals surface area contributed by atoms with Gasteiger partial charge in [0, 0.05) is 20.2 Å². The minimum atomic E-state index is -4.14. The van der Waals surface area contributed by atoms with Crippen molar-refractivity contribution in [2.45, 2.75) is 17.4 Å². The molecule has 0 aromatic heterocycles. The fourth-order valence-corrected chi connectivity index (χ4v) is 4.11. The zero-order valence-corrected chi connectivity index (χ0v) is 19.0. The Kier molecular flexibility index (Phi) is 7.10. The Hall–Kier alpha value is -3.76. The molecule has 2 N–H and O–H groups in total. The van der Waals surface area contributed by atoms with Crippen LogP contribution in [0.4, 0.5) is 16.2 Å². The van der Waals surface area contributed by atoms with E-state index in [9.17, 15) is 23.3 Å². The fourth-order valence-electron chi connectivity index (χ4n) is 3.57. The highest BCUT2D eigenvalue weighted by atomic mass is 32.2. The van der Waals surface area contributed by atoms with E-state index in [1.807, 2.05) is 60.7 Å². The van der Waals surface area contributed by atoms with Gasteiger partial charge in [-0.2, -0.15) is 0 Å². The number of sulfonamides is 1. The van der Waals surface area contributed by atoms with Gasteiger partial charge in [0.2, 0.25) is 10.0 Å². The molecular formula is C23H24N4O5S. The van der Waals surface area contributed by atoms with E-state index in [-0.39, 0.29) is 11.7 Å².